The molecule has 0 fully saturated rings. The summed E-state index contributed by atoms with van der Waals surface area (Å²) in [5.41, 5.74) is 1.40. The molecule has 0 heterocycles. The van der Waals surface area contributed by atoms with Crippen LogP contribution in [-0.4, -0.2) is 6.61 Å². The molecule has 1 rings (SSSR count). The van der Waals surface area contributed by atoms with E-state index >= 15 is 0 Å². The Morgan fingerprint density at radius 2 is 1.10 bits per heavy atom. The fourth-order valence-corrected chi connectivity index (χ4v) is 2.62. The summed E-state index contributed by atoms with van der Waals surface area (Å²) in [5, 5.41) is 11.1. The van der Waals surface area contributed by atoms with Gasteiger partial charge < -0.3 is 0 Å². The maximum atomic E-state index is 10.3. The quantitative estimate of drug-likeness (QED) is 0.408. The highest BCUT2D eigenvalue weighted by molar-refractivity contribution is 6.30. The van der Waals surface area contributed by atoms with E-state index in [1.807, 2.05) is 12.1 Å². The van der Waals surface area contributed by atoms with Crippen molar-refractivity contribution < 1.29 is 5.11 Å². The number of halogens is 1. The Kier molecular flexibility index (Phi) is 10.7. The predicted octanol–water partition coefficient (Wildman–Crippen LogP) is 6.21. The normalized spacial score (nSPS) is 10.9. The lowest BCUT2D eigenvalue weighted by atomic mass is 10.0. The van der Waals surface area contributed by atoms with Gasteiger partial charge in [0.25, 0.3) is 0 Å². The Bertz CT molecular complexity index is 321. The van der Waals surface area contributed by atoms with Crippen LogP contribution in [0.25, 0.3) is 0 Å². The number of aryl methyl sites for hydroxylation is 1. The lowest BCUT2D eigenvalue weighted by molar-refractivity contribution is 0.186. The van der Waals surface area contributed by atoms with E-state index in [1.165, 1.54) is 63.4 Å². The van der Waals surface area contributed by atoms with Gasteiger partial charge in [-0.25, -0.2) is 5.11 Å². The monoisotopic (exact) mass is 295 g/mol. The van der Waals surface area contributed by atoms with E-state index in [9.17, 15) is 5.11 Å². The molecular weight excluding hydrogens is 268 g/mol. The Morgan fingerprint density at radius 1 is 0.650 bits per heavy atom. The molecule has 0 aliphatic heterocycles. The molecule has 20 heavy (non-hydrogen) atoms. The molecule has 1 nitrogen and oxygen atoms in total. The maximum absolute atomic E-state index is 10.3. The summed E-state index contributed by atoms with van der Waals surface area (Å²) in [7, 11) is 0. The minimum atomic E-state index is 0.105. The molecule has 0 aliphatic rings. The molecule has 0 saturated carbocycles. The summed E-state index contributed by atoms with van der Waals surface area (Å²) < 4.78 is 0. The van der Waals surface area contributed by atoms with Gasteiger partial charge in [-0.3, -0.25) is 0 Å². The molecule has 2 heteroatoms. The summed E-state index contributed by atoms with van der Waals surface area (Å²) in [6.45, 7) is 0.105. The van der Waals surface area contributed by atoms with Crippen LogP contribution in [0.5, 0.6) is 0 Å². The minimum Gasteiger partial charge on any atom is -0.237 e. The molecule has 0 spiro atoms. The van der Waals surface area contributed by atoms with E-state index < -0.39 is 0 Å². The number of hydrogen-bond donors (Lipinski definition) is 0. The van der Waals surface area contributed by atoms with E-state index in [0.717, 1.165) is 17.9 Å². The van der Waals surface area contributed by atoms with Crippen molar-refractivity contribution in [2.45, 2.75) is 70.6 Å². The van der Waals surface area contributed by atoms with E-state index in [2.05, 4.69) is 12.1 Å². The second-order valence-electron chi connectivity index (χ2n) is 5.62. The van der Waals surface area contributed by atoms with Crippen LogP contribution < -0.4 is 0 Å². The zero-order valence-corrected chi connectivity index (χ0v) is 13.3. The van der Waals surface area contributed by atoms with Crippen molar-refractivity contribution in [1.82, 2.24) is 0 Å². The van der Waals surface area contributed by atoms with Crippen LogP contribution in [0.15, 0.2) is 24.3 Å². The molecule has 0 N–H and O–H groups in total. The Hall–Kier alpha value is -0.530. The van der Waals surface area contributed by atoms with Crippen LogP contribution in [0.2, 0.25) is 5.02 Å². The van der Waals surface area contributed by atoms with Crippen molar-refractivity contribution in [2.24, 2.45) is 0 Å². The third kappa shape index (κ3) is 9.39. The van der Waals surface area contributed by atoms with Crippen molar-refractivity contribution in [3.8, 4) is 0 Å². The van der Waals surface area contributed by atoms with Gasteiger partial charge in [0.15, 0.2) is 0 Å². The van der Waals surface area contributed by atoms with Gasteiger partial charge in [0.05, 0.1) is 6.61 Å². The molecule has 0 bridgehead atoms. The average Bonchev–Trinajstić information content (AvgIpc) is 2.47. The van der Waals surface area contributed by atoms with Crippen LogP contribution in [0.1, 0.15) is 69.8 Å². The van der Waals surface area contributed by atoms with Crippen LogP contribution in [0.3, 0.4) is 0 Å². The highest BCUT2D eigenvalue weighted by Gasteiger charge is 1.95. The molecule has 0 aromatic heterocycles. The predicted molar refractivity (Wildman–Crippen MR) is 86.9 cm³/mol. The maximum Gasteiger partial charge on any atom is 0.0822 e. The first-order valence-corrected chi connectivity index (χ1v) is 8.53. The topological polar surface area (TPSA) is 19.9 Å². The fourth-order valence-electron chi connectivity index (χ4n) is 2.50. The van der Waals surface area contributed by atoms with Crippen LogP contribution >= 0.6 is 11.6 Å². The summed E-state index contributed by atoms with van der Waals surface area (Å²) in [5.74, 6) is 0. The molecule has 1 aromatic rings. The standard InChI is InChI=1S/C18H28ClO/c19-18-14-12-17(13-15-18)11-9-7-5-3-1-2-4-6-8-10-16-20/h12-15H,1-11,16H2. The zero-order valence-electron chi connectivity index (χ0n) is 12.6. The summed E-state index contributed by atoms with van der Waals surface area (Å²) >= 11 is 5.87. The molecule has 1 aromatic carbocycles. The molecule has 0 unspecified atom stereocenters. The lowest BCUT2D eigenvalue weighted by Crippen LogP contribution is -1.86. The fraction of sp³-hybridized carbons (Fsp3) is 0.667. The molecule has 0 saturated heterocycles. The van der Waals surface area contributed by atoms with Crippen molar-refractivity contribution >= 4 is 11.6 Å². The smallest absolute Gasteiger partial charge is 0.0822 e. The summed E-state index contributed by atoms with van der Waals surface area (Å²) in [6.07, 6.45) is 13.8. The third-order valence-corrected chi connectivity index (χ3v) is 4.03. The molecule has 0 aliphatic carbocycles. The highest BCUT2D eigenvalue weighted by Crippen LogP contribution is 2.14. The van der Waals surface area contributed by atoms with E-state index in [-0.39, 0.29) is 6.61 Å². The van der Waals surface area contributed by atoms with Crippen LogP contribution in [0, 0.1) is 0 Å². The average molecular weight is 296 g/mol. The zero-order chi connectivity index (χ0) is 14.5. The van der Waals surface area contributed by atoms with Gasteiger partial charge in [0, 0.05) is 5.02 Å². The van der Waals surface area contributed by atoms with Gasteiger partial charge in [-0.1, -0.05) is 75.1 Å². The van der Waals surface area contributed by atoms with Gasteiger partial charge >= 0.3 is 0 Å². The largest absolute Gasteiger partial charge is 0.237 e. The molecule has 1 radical (unpaired) electrons. The third-order valence-electron chi connectivity index (χ3n) is 3.77. The summed E-state index contributed by atoms with van der Waals surface area (Å²) in [6, 6.07) is 8.21. The van der Waals surface area contributed by atoms with E-state index in [4.69, 9.17) is 11.6 Å². The first kappa shape index (κ1) is 17.5. The van der Waals surface area contributed by atoms with Crippen molar-refractivity contribution in [3.63, 3.8) is 0 Å². The second-order valence-corrected chi connectivity index (χ2v) is 6.05. The Balaban J connectivity index is 1.84. The summed E-state index contributed by atoms with van der Waals surface area (Å²) in [4.78, 5) is 0. The van der Waals surface area contributed by atoms with Crippen LogP contribution in [0.4, 0.5) is 0 Å². The first-order chi connectivity index (χ1) is 9.83. The first-order valence-electron chi connectivity index (χ1n) is 8.15. The SMILES string of the molecule is [O]CCCCCCCCCCCCc1ccc(Cl)cc1. The van der Waals surface area contributed by atoms with Gasteiger partial charge in [-0.15, -0.1) is 0 Å². The number of benzene rings is 1. The Labute approximate surface area is 129 Å². The highest BCUT2D eigenvalue weighted by atomic mass is 35.5. The van der Waals surface area contributed by atoms with Crippen LogP contribution in [-0.2, 0) is 11.5 Å². The Morgan fingerprint density at radius 3 is 1.60 bits per heavy atom. The molecule has 0 amide bonds. The molecule has 0 atom stereocenters. The van der Waals surface area contributed by atoms with E-state index in [0.29, 0.717) is 0 Å². The number of hydrogen-bond acceptors (Lipinski definition) is 0. The molecular formula is C18H28ClO. The van der Waals surface area contributed by atoms with Gasteiger partial charge in [-0.05, 0) is 37.0 Å². The second kappa shape index (κ2) is 12.2. The van der Waals surface area contributed by atoms with Crippen molar-refractivity contribution in [2.75, 3.05) is 6.61 Å². The van der Waals surface area contributed by atoms with Gasteiger partial charge in [-0.2, -0.15) is 0 Å². The number of unbranched alkanes of at least 4 members (excludes halogenated alkanes) is 9. The van der Waals surface area contributed by atoms with Crippen molar-refractivity contribution in [3.05, 3.63) is 34.9 Å². The van der Waals surface area contributed by atoms with Gasteiger partial charge in [0.2, 0.25) is 0 Å². The molecule has 113 valence electrons. The minimum absolute atomic E-state index is 0.105. The van der Waals surface area contributed by atoms with Gasteiger partial charge in [0.1, 0.15) is 0 Å². The number of rotatable bonds is 12. The van der Waals surface area contributed by atoms with E-state index in [1.54, 1.807) is 0 Å². The lowest BCUT2D eigenvalue weighted by Gasteiger charge is -2.03. The van der Waals surface area contributed by atoms with Crippen molar-refractivity contribution in [1.29, 1.82) is 0 Å².